The minimum atomic E-state index is -1.12. The molecule has 0 atom stereocenters. The number of carboxylic acid groups (broad SMARTS) is 2. The Morgan fingerprint density at radius 1 is 1.00 bits per heavy atom. The van der Waals surface area contributed by atoms with Crippen LogP contribution in [0.5, 0.6) is 5.75 Å². The van der Waals surface area contributed by atoms with Crippen LogP contribution >= 0.6 is 0 Å². The molecule has 0 bridgehead atoms. The van der Waals surface area contributed by atoms with E-state index in [0.717, 1.165) is 5.39 Å². The summed E-state index contributed by atoms with van der Waals surface area (Å²) in [6, 6.07) is 7.49. The molecular formula is C13H10O5. The molecule has 0 spiro atoms. The number of fused-ring (bicyclic) bond motifs is 1. The van der Waals surface area contributed by atoms with Crippen molar-refractivity contribution < 1.29 is 24.5 Å². The van der Waals surface area contributed by atoms with Crippen molar-refractivity contribution in [1.82, 2.24) is 0 Å². The SMILES string of the molecule is COc1cc2ccc(C(=O)O)cc2cc1C(=O)O. The first-order valence-electron chi connectivity index (χ1n) is 5.11. The first-order chi connectivity index (χ1) is 8.52. The predicted octanol–water partition coefficient (Wildman–Crippen LogP) is 2.24. The van der Waals surface area contributed by atoms with E-state index < -0.39 is 11.9 Å². The maximum Gasteiger partial charge on any atom is 0.339 e. The largest absolute Gasteiger partial charge is 0.496 e. The van der Waals surface area contributed by atoms with Gasteiger partial charge in [0.05, 0.1) is 12.7 Å². The lowest BCUT2D eigenvalue weighted by molar-refractivity contribution is 0.0685. The molecule has 92 valence electrons. The van der Waals surface area contributed by atoms with Gasteiger partial charge in [0.25, 0.3) is 0 Å². The Kier molecular flexibility index (Phi) is 2.89. The normalized spacial score (nSPS) is 10.3. The highest BCUT2D eigenvalue weighted by Crippen LogP contribution is 2.26. The second-order valence-corrected chi connectivity index (χ2v) is 3.72. The van der Waals surface area contributed by atoms with Crippen molar-refractivity contribution in [3.63, 3.8) is 0 Å². The topological polar surface area (TPSA) is 83.8 Å². The zero-order valence-electron chi connectivity index (χ0n) is 9.51. The van der Waals surface area contributed by atoms with Gasteiger partial charge in [-0.1, -0.05) is 6.07 Å². The number of methoxy groups -OCH3 is 1. The van der Waals surface area contributed by atoms with E-state index in [9.17, 15) is 9.59 Å². The molecule has 5 nitrogen and oxygen atoms in total. The van der Waals surface area contributed by atoms with Gasteiger partial charge in [-0.2, -0.15) is 0 Å². The van der Waals surface area contributed by atoms with Gasteiger partial charge in [0, 0.05) is 0 Å². The van der Waals surface area contributed by atoms with E-state index in [1.165, 1.54) is 25.3 Å². The minimum Gasteiger partial charge on any atom is -0.496 e. The van der Waals surface area contributed by atoms with Crippen molar-refractivity contribution in [2.75, 3.05) is 7.11 Å². The lowest BCUT2D eigenvalue weighted by atomic mass is 10.0. The molecule has 0 aromatic heterocycles. The Bertz CT molecular complexity index is 645. The molecule has 0 aliphatic heterocycles. The molecule has 0 aliphatic rings. The number of rotatable bonds is 3. The number of carboxylic acids is 2. The van der Waals surface area contributed by atoms with Gasteiger partial charge in [-0.05, 0) is 35.0 Å². The van der Waals surface area contributed by atoms with Crippen LogP contribution < -0.4 is 4.74 Å². The standard InChI is InChI=1S/C13H10O5/c1-18-11-6-7-2-3-8(12(14)15)4-9(7)5-10(11)13(16)17/h2-6H,1H3,(H,14,15)(H,16,17). The van der Waals surface area contributed by atoms with E-state index in [0.29, 0.717) is 5.39 Å². The summed E-state index contributed by atoms with van der Waals surface area (Å²) < 4.78 is 5.00. The third-order valence-electron chi connectivity index (χ3n) is 2.64. The maximum absolute atomic E-state index is 11.0. The number of benzene rings is 2. The van der Waals surface area contributed by atoms with Crippen LogP contribution in [0.3, 0.4) is 0 Å². The molecule has 2 N–H and O–H groups in total. The molecule has 0 aliphatic carbocycles. The molecule has 0 radical (unpaired) electrons. The highest BCUT2D eigenvalue weighted by Gasteiger charge is 2.13. The fraction of sp³-hybridized carbons (Fsp3) is 0.0769. The molecule has 0 saturated heterocycles. The van der Waals surface area contributed by atoms with Crippen LogP contribution in [0.1, 0.15) is 20.7 Å². The number of aromatic carboxylic acids is 2. The number of hydrogen-bond donors (Lipinski definition) is 2. The molecule has 5 heteroatoms. The summed E-state index contributed by atoms with van der Waals surface area (Å²) in [6.07, 6.45) is 0. The molecule has 0 unspecified atom stereocenters. The third-order valence-corrected chi connectivity index (χ3v) is 2.64. The highest BCUT2D eigenvalue weighted by atomic mass is 16.5. The first-order valence-corrected chi connectivity index (χ1v) is 5.11. The summed E-state index contributed by atoms with van der Waals surface area (Å²) in [5, 5.41) is 19.2. The van der Waals surface area contributed by atoms with Gasteiger partial charge in [0.2, 0.25) is 0 Å². The summed E-state index contributed by atoms with van der Waals surface area (Å²) >= 11 is 0. The second kappa shape index (κ2) is 4.37. The van der Waals surface area contributed by atoms with E-state index in [1.807, 2.05) is 0 Å². The predicted molar refractivity (Wildman–Crippen MR) is 64.4 cm³/mol. The Balaban J connectivity index is 2.72. The summed E-state index contributed by atoms with van der Waals surface area (Å²) in [6.45, 7) is 0. The molecule has 2 aromatic rings. The van der Waals surface area contributed by atoms with Crippen LogP contribution in [-0.4, -0.2) is 29.3 Å². The summed E-state index contributed by atoms with van der Waals surface area (Å²) in [5.41, 5.74) is 0.122. The van der Waals surface area contributed by atoms with E-state index >= 15 is 0 Å². The van der Waals surface area contributed by atoms with E-state index in [-0.39, 0.29) is 16.9 Å². The zero-order chi connectivity index (χ0) is 13.3. The van der Waals surface area contributed by atoms with Gasteiger partial charge >= 0.3 is 11.9 Å². The van der Waals surface area contributed by atoms with Crippen LogP contribution in [0.15, 0.2) is 30.3 Å². The van der Waals surface area contributed by atoms with Crippen molar-refractivity contribution in [1.29, 1.82) is 0 Å². The van der Waals surface area contributed by atoms with Gasteiger partial charge in [-0.15, -0.1) is 0 Å². The molecule has 2 aromatic carbocycles. The fourth-order valence-corrected chi connectivity index (χ4v) is 1.75. The van der Waals surface area contributed by atoms with Crippen molar-refractivity contribution >= 4 is 22.7 Å². The number of hydrogen-bond acceptors (Lipinski definition) is 3. The first kappa shape index (κ1) is 11.9. The van der Waals surface area contributed by atoms with E-state index in [2.05, 4.69) is 0 Å². The number of carbonyl (C=O) groups is 2. The Labute approximate surface area is 102 Å². The van der Waals surface area contributed by atoms with E-state index in [4.69, 9.17) is 14.9 Å². The maximum atomic E-state index is 11.0. The molecule has 2 rings (SSSR count). The number of ether oxygens (including phenoxy) is 1. The van der Waals surface area contributed by atoms with Crippen LogP contribution in [0.25, 0.3) is 10.8 Å². The zero-order valence-corrected chi connectivity index (χ0v) is 9.51. The summed E-state index contributed by atoms with van der Waals surface area (Å²) in [7, 11) is 1.39. The monoisotopic (exact) mass is 246 g/mol. The average Bonchev–Trinajstić information content (AvgIpc) is 2.36. The van der Waals surface area contributed by atoms with Gasteiger partial charge in [0.15, 0.2) is 0 Å². The Hall–Kier alpha value is -2.56. The van der Waals surface area contributed by atoms with Crippen molar-refractivity contribution in [3.05, 3.63) is 41.5 Å². The van der Waals surface area contributed by atoms with Crippen LogP contribution in [-0.2, 0) is 0 Å². The van der Waals surface area contributed by atoms with Crippen molar-refractivity contribution in [2.45, 2.75) is 0 Å². The van der Waals surface area contributed by atoms with Crippen LogP contribution in [0, 0.1) is 0 Å². The summed E-state index contributed by atoms with van der Waals surface area (Å²) in [5.74, 6) is -1.92. The quantitative estimate of drug-likeness (QED) is 0.867. The van der Waals surface area contributed by atoms with Gasteiger partial charge < -0.3 is 14.9 Å². The molecule has 18 heavy (non-hydrogen) atoms. The second-order valence-electron chi connectivity index (χ2n) is 3.72. The Morgan fingerprint density at radius 3 is 2.28 bits per heavy atom. The summed E-state index contributed by atoms with van der Waals surface area (Å²) in [4.78, 5) is 21.9. The lowest BCUT2D eigenvalue weighted by Gasteiger charge is -2.07. The molecule has 0 heterocycles. The van der Waals surface area contributed by atoms with Gasteiger partial charge in [-0.3, -0.25) is 0 Å². The Morgan fingerprint density at radius 2 is 1.72 bits per heavy atom. The van der Waals surface area contributed by atoms with Crippen LogP contribution in [0.4, 0.5) is 0 Å². The van der Waals surface area contributed by atoms with Crippen molar-refractivity contribution in [2.24, 2.45) is 0 Å². The third kappa shape index (κ3) is 1.98. The lowest BCUT2D eigenvalue weighted by Crippen LogP contribution is -2.01. The van der Waals surface area contributed by atoms with E-state index in [1.54, 1.807) is 12.1 Å². The molecule has 0 saturated carbocycles. The average molecular weight is 246 g/mol. The van der Waals surface area contributed by atoms with Gasteiger partial charge in [0.1, 0.15) is 11.3 Å². The fourth-order valence-electron chi connectivity index (χ4n) is 1.75. The smallest absolute Gasteiger partial charge is 0.339 e. The van der Waals surface area contributed by atoms with Crippen molar-refractivity contribution in [3.8, 4) is 5.75 Å². The molecular weight excluding hydrogens is 236 g/mol. The minimum absolute atomic E-state index is 0.00698. The molecule has 0 fully saturated rings. The van der Waals surface area contributed by atoms with Crippen LogP contribution in [0.2, 0.25) is 0 Å². The molecule has 0 amide bonds. The highest BCUT2D eigenvalue weighted by molar-refractivity contribution is 6.00. The van der Waals surface area contributed by atoms with Gasteiger partial charge in [-0.25, -0.2) is 9.59 Å².